The molecule has 1 rings (SSSR count). The highest BCUT2D eigenvalue weighted by molar-refractivity contribution is 7.99. The van der Waals surface area contributed by atoms with Crippen LogP contribution in [-0.4, -0.2) is 63.5 Å². The zero-order valence-electron chi connectivity index (χ0n) is 15.8. The van der Waals surface area contributed by atoms with E-state index in [0.717, 1.165) is 35.9 Å². The lowest BCUT2D eigenvalue weighted by molar-refractivity contribution is 0.269. The van der Waals surface area contributed by atoms with Crippen molar-refractivity contribution in [2.24, 2.45) is 11.5 Å². The smallest absolute Gasteiger partial charge is 0.203 e. The van der Waals surface area contributed by atoms with Gasteiger partial charge in [0.05, 0.1) is 27.4 Å². The molecule has 6 nitrogen and oxygen atoms in total. The lowest BCUT2D eigenvalue weighted by atomic mass is 10.2. The van der Waals surface area contributed by atoms with Crippen LogP contribution in [0.5, 0.6) is 23.0 Å². The normalized spacial score (nSPS) is 10.6. The van der Waals surface area contributed by atoms with Gasteiger partial charge in [-0.3, -0.25) is 0 Å². The van der Waals surface area contributed by atoms with E-state index in [2.05, 4.69) is 0 Å². The van der Waals surface area contributed by atoms with Crippen molar-refractivity contribution in [3.8, 4) is 23.0 Å². The van der Waals surface area contributed by atoms with Crippen LogP contribution in [0, 0.1) is 0 Å². The van der Waals surface area contributed by atoms with Crippen molar-refractivity contribution < 1.29 is 18.9 Å². The fourth-order valence-corrected chi connectivity index (χ4v) is 3.52. The molecule has 0 fully saturated rings. The minimum absolute atomic E-state index is 0.600. The second-order valence-electron chi connectivity index (χ2n) is 5.36. The number of rotatable bonds is 16. The molecule has 0 atom stereocenters. The first-order chi connectivity index (χ1) is 12.8. The monoisotopic (exact) mass is 404 g/mol. The molecule has 8 heteroatoms. The Morgan fingerprint density at radius 2 is 1.27 bits per heavy atom. The van der Waals surface area contributed by atoms with Crippen molar-refractivity contribution in [1.82, 2.24) is 0 Å². The Hall–Kier alpha value is -0.960. The standard InChI is InChI=1S/C18H32N2O4S2/c1-21-16-13-15(23-7-3-9-25-11-5-19)14-17(22-2)18(16)24-8-4-10-26-12-6-20/h13-14H,3-12,19-20H2,1-2H3. The summed E-state index contributed by atoms with van der Waals surface area (Å²) in [5, 5.41) is 0. The van der Waals surface area contributed by atoms with Crippen molar-refractivity contribution >= 4 is 23.5 Å². The lowest BCUT2D eigenvalue weighted by Gasteiger charge is -2.16. The van der Waals surface area contributed by atoms with E-state index >= 15 is 0 Å². The Labute approximate surface area is 165 Å². The van der Waals surface area contributed by atoms with Gasteiger partial charge in [-0.05, 0) is 24.3 Å². The van der Waals surface area contributed by atoms with Gasteiger partial charge in [0.2, 0.25) is 5.75 Å². The van der Waals surface area contributed by atoms with Crippen molar-refractivity contribution in [1.29, 1.82) is 0 Å². The summed E-state index contributed by atoms with van der Waals surface area (Å²) in [6.45, 7) is 2.67. The summed E-state index contributed by atoms with van der Waals surface area (Å²) in [5.41, 5.74) is 11.0. The molecular formula is C18H32N2O4S2. The molecule has 0 aromatic heterocycles. The molecule has 0 heterocycles. The zero-order chi connectivity index (χ0) is 19.0. The third-order valence-corrected chi connectivity index (χ3v) is 5.54. The Kier molecular flexibility index (Phi) is 13.4. The van der Waals surface area contributed by atoms with E-state index in [1.807, 2.05) is 35.7 Å². The van der Waals surface area contributed by atoms with Crippen LogP contribution in [0.15, 0.2) is 12.1 Å². The third kappa shape index (κ3) is 9.12. The van der Waals surface area contributed by atoms with Gasteiger partial charge < -0.3 is 30.4 Å². The van der Waals surface area contributed by atoms with Gasteiger partial charge in [0.25, 0.3) is 0 Å². The van der Waals surface area contributed by atoms with Crippen molar-refractivity contribution in [3.05, 3.63) is 12.1 Å². The number of benzene rings is 1. The SMILES string of the molecule is COc1cc(OCCCSCCN)cc(OC)c1OCCCSCCN. The predicted octanol–water partition coefficient (Wildman–Crippen LogP) is 2.63. The van der Waals surface area contributed by atoms with Gasteiger partial charge in [0.15, 0.2) is 11.5 Å². The first-order valence-corrected chi connectivity index (χ1v) is 11.1. The zero-order valence-corrected chi connectivity index (χ0v) is 17.5. The first kappa shape index (κ1) is 23.1. The number of ether oxygens (including phenoxy) is 4. The van der Waals surface area contributed by atoms with Crippen LogP contribution in [-0.2, 0) is 0 Å². The summed E-state index contributed by atoms with van der Waals surface area (Å²) in [6, 6.07) is 3.68. The lowest BCUT2D eigenvalue weighted by Crippen LogP contribution is -2.06. The molecule has 150 valence electrons. The molecule has 0 bridgehead atoms. The molecule has 0 aliphatic carbocycles. The van der Waals surface area contributed by atoms with Gasteiger partial charge in [-0.25, -0.2) is 0 Å². The van der Waals surface area contributed by atoms with E-state index in [1.54, 1.807) is 14.2 Å². The molecule has 0 unspecified atom stereocenters. The largest absolute Gasteiger partial charge is 0.493 e. The summed E-state index contributed by atoms with van der Waals surface area (Å²) in [7, 11) is 3.23. The van der Waals surface area contributed by atoms with Crippen LogP contribution in [0.2, 0.25) is 0 Å². The fourth-order valence-electron chi connectivity index (χ4n) is 2.14. The maximum atomic E-state index is 5.89. The van der Waals surface area contributed by atoms with Crippen LogP contribution in [0.4, 0.5) is 0 Å². The number of nitrogens with two attached hydrogens (primary N) is 2. The van der Waals surface area contributed by atoms with E-state index in [4.69, 9.17) is 30.4 Å². The first-order valence-electron chi connectivity index (χ1n) is 8.84. The molecule has 26 heavy (non-hydrogen) atoms. The van der Waals surface area contributed by atoms with Crippen LogP contribution in [0.25, 0.3) is 0 Å². The third-order valence-electron chi connectivity index (χ3n) is 3.34. The quantitative estimate of drug-likeness (QED) is 0.407. The second kappa shape index (κ2) is 15.1. The minimum Gasteiger partial charge on any atom is -0.493 e. The topological polar surface area (TPSA) is 89.0 Å². The highest BCUT2D eigenvalue weighted by Crippen LogP contribution is 2.41. The van der Waals surface area contributed by atoms with Crippen molar-refractivity contribution in [3.63, 3.8) is 0 Å². The van der Waals surface area contributed by atoms with Crippen LogP contribution < -0.4 is 30.4 Å². The van der Waals surface area contributed by atoms with Gasteiger partial charge in [0, 0.05) is 36.7 Å². The number of thioether (sulfide) groups is 2. The minimum atomic E-state index is 0.600. The summed E-state index contributed by atoms with van der Waals surface area (Å²) in [5.74, 6) is 6.58. The van der Waals surface area contributed by atoms with E-state index in [-0.39, 0.29) is 0 Å². The highest BCUT2D eigenvalue weighted by atomic mass is 32.2. The Balaban J connectivity index is 2.54. The molecule has 0 amide bonds. The number of hydrogen-bond donors (Lipinski definition) is 2. The molecule has 0 radical (unpaired) electrons. The molecule has 1 aromatic carbocycles. The summed E-state index contributed by atoms with van der Waals surface area (Å²) < 4.78 is 22.6. The highest BCUT2D eigenvalue weighted by Gasteiger charge is 2.15. The van der Waals surface area contributed by atoms with Gasteiger partial charge >= 0.3 is 0 Å². The molecule has 1 aromatic rings. The van der Waals surface area contributed by atoms with E-state index in [9.17, 15) is 0 Å². The summed E-state index contributed by atoms with van der Waals surface area (Å²) in [6.07, 6.45) is 1.91. The van der Waals surface area contributed by atoms with Gasteiger partial charge in [-0.1, -0.05) is 0 Å². The molecule has 0 spiro atoms. The van der Waals surface area contributed by atoms with Crippen LogP contribution in [0.1, 0.15) is 12.8 Å². The average molecular weight is 405 g/mol. The van der Waals surface area contributed by atoms with Crippen molar-refractivity contribution in [2.45, 2.75) is 12.8 Å². The maximum absolute atomic E-state index is 5.89. The second-order valence-corrected chi connectivity index (χ2v) is 7.81. The van der Waals surface area contributed by atoms with Crippen molar-refractivity contribution in [2.75, 3.05) is 63.5 Å². The molecule has 0 aliphatic heterocycles. The molecule has 0 saturated carbocycles. The van der Waals surface area contributed by atoms with E-state index < -0.39 is 0 Å². The van der Waals surface area contributed by atoms with Gasteiger partial charge in [-0.15, -0.1) is 0 Å². The summed E-state index contributed by atoms with van der Waals surface area (Å²) >= 11 is 3.67. The predicted molar refractivity (Wildman–Crippen MR) is 113 cm³/mol. The van der Waals surface area contributed by atoms with E-state index in [0.29, 0.717) is 49.3 Å². The molecule has 0 aliphatic rings. The van der Waals surface area contributed by atoms with Gasteiger partial charge in [0.1, 0.15) is 5.75 Å². The molecular weight excluding hydrogens is 372 g/mol. The maximum Gasteiger partial charge on any atom is 0.203 e. The summed E-state index contributed by atoms with van der Waals surface area (Å²) in [4.78, 5) is 0. The fraction of sp³-hybridized carbons (Fsp3) is 0.667. The van der Waals surface area contributed by atoms with Crippen LogP contribution >= 0.6 is 23.5 Å². The van der Waals surface area contributed by atoms with E-state index in [1.165, 1.54) is 0 Å². The number of hydrogen-bond acceptors (Lipinski definition) is 8. The Morgan fingerprint density at radius 1 is 0.769 bits per heavy atom. The van der Waals surface area contributed by atoms with Crippen LogP contribution in [0.3, 0.4) is 0 Å². The Bertz CT molecular complexity index is 467. The molecule has 4 N–H and O–H groups in total. The van der Waals surface area contributed by atoms with Gasteiger partial charge in [-0.2, -0.15) is 23.5 Å². The molecule has 0 saturated heterocycles. The average Bonchev–Trinajstić information content (AvgIpc) is 2.67. The Morgan fingerprint density at radius 3 is 1.73 bits per heavy atom. The number of methoxy groups -OCH3 is 2.